The van der Waals surface area contributed by atoms with E-state index in [1.54, 1.807) is 0 Å². The van der Waals surface area contributed by atoms with Gasteiger partial charge in [0, 0.05) is 0 Å². The highest BCUT2D eigenvalue weighted by molar-refractivity contribution is 7.17. The van der Waals surface area contributed by atoms with Gasteiger partial charge in [-0.2, -0.15) is 0 Å². The molecule has 4 atom stereocenters. The predicted octanol–water partition coefficient (Wildman–Crippen LogP) is 0.304. The van der Waals surface area contributed by atoms with Gasteiger partial charge in [-0.1, -0.05) is 24.3 Å². The van der Waals surface area contributed by atoms with Crippen LogP contribution in [0.15, 0.2) is 24.3 Å². The Kier molecular flexibility index (Phi) is 7.57. The van der Waals surface area contributed by atoms with Crippen LogP contribution in [0.3, 0.4) is 0 Å². The molecule has 0 aliphatic rings. The lowest BCUT2D eigenvalue weighted by atomic mass is 9.75. The van der Waals surface area contributed by atoms with Gasteiger partial charge in [-0.15, -0.1) is 0 Å². The Morgan fingerprint density at radius 3 is 1.06 bits per heavy atom. The minimum atomic E-state index is -0.420. The molecular formula is C6H12B2O4P4. The molecule has 10 heteroatoms. The van der Waals surface area contributed by atoms with Gasteiger partial charge in [0.15, 0.2) is 0 Å². The van der Waals surface area contributed by atoms with Gasteiger partial charge in [0.05, 0.1) is 0 Å². The van der Waals surface area contributed by atoms with E-state index in [9.17, 15) is 0 Å². The fourth-order valence-electron chi connectivity index (χ4n) is 1.19. The van der Waals surface area contributed by atoms with Crippen molar-refractivity contribution in [2.75, 3.05) is 0 Å². The fraction of sp³-hybridized carbons (Fsp3) is 0. The molecule has 0 spiro atoms. The van der Waals surface area contributed by atoms with Gasteiger partial charge in [-0.05, 0) is 48.8 Å². The van der Waals surface area contributed by atoms with Gasteiger partial charge in [0.1, 0.15) is 0 Å². The van der Waals surface area contributed by atoms with E-state index >= 15 is 0 Å². The van der Waals surface area contributed by atoms with Crippen LogP contribution in [0, 0.1) is 0 Å². The van der Waals surface area contributed by atoms with Gasteiger partial charge >= 0.3 is 14.2 Å². The summed E-state index contributed by atoms with van der Waals surface area (Å²) in [6.45, 7) is 0. The third kappa shape index (κ3) is 3.98. The minimum Gasteiger partial charge on any atom is -0.389 e. The maximum absolute atomic E-state index is 5.04. The lowest BCUT2D eigenvalue weighted by Crippen LogP contribution is -2.36. The van der Waals surface area contributed by atoms with Crippen molar-refractivity contribution in [3.05, 3.63) is 24.3 Å². The van der Waals surface area contributed by atoms with Crippen molar-refractivity contribution in [2.45, 2.75) is 0 Å². The zero-order valence-corrected chi connectivity index (χ0v) is 13.0. The maximum Gasteiger partial charge on any atom is 0.499 e. The van der Waals surface area contributed by atoms with Crippen LogP contribution in [0.2, 0.25) is 0 Å². The van der Waals surface area contributed by atoms with E-state index in [2.05, 4.69) is 37.9 Å². The summed E-state index contributed by atoms with van der Waals surface area (Å²) < 4.78 is 20.2. The second kappa shape index (κ2) is 8.09. The van der Waals surface area contributed by atoms with Gasteiger partial charge in [-0.3, -0.25) is 0 Å². The smallest absolute Gasteiger partial charge is 0.389 e. The molecule has 0 saturated carbocycles. The van der Waals surface area contributed by atoms with Crippen molar-refractivity contribution in [3.8, 4) is 0 Å². The summed E-state index contributed by atoms with van der Waals surface area (Å²) in [5.41, 5.74) is 1.81. The normalized spacial score (nSPS) is 10.2. The van der Waals surface area contributed by atoms with E-state index in [1.807, 2.05) is 24.3 Å². The molecule has 0 bridgehead atoms. The Balaban J connectivity index is 2.81. The van der Waals surface area contributed by atoms with E-state index in [4.69, 9.17) is 17.8 Å². The van der Waals surface area contributed by atoms with E-state index < -0.39 is 14.2 Å². The van der Waals surface area contributed by atoms with Crippen LogP contribution in [-0.2, 0) is 17.8 Å². The molecule has 0 heterocycles. The van der Waals surface area contributed by atoms with Crippen LogP contribution < -0.4 is 10.9 Å². The Hall–Kier alpha value is 0.910. The molecule has 0 aliphatic carbocycles. The topological polar surface area (TPSA) is 36.9 Å². The first-order valence-corrected chi connectivity index (χ1v) is 6.17. The number of rotatable bonds is 6. The maximum atomic E-state index is 5.04. The molecular weight excluding hydrogens is 282 g/mol. The number of hydrogen-bond donors (Lipinski definition) is 0. The summed E-state index contributed by atoms with van der Waals surface area (Å²) in [4.78, 5) is 0. The SMILES string of the molecule is POB(OP)c1ccc(B(OP)OP)cc1. The summed E-state index contributed by atoms with van der Waals surface area (Å²) >= 11 is 0. The minimum absolute atomic E-state index is 0.420. The van der Waals surface area contributed by atoms with E-state index in [0.717, 1.165) is 10.9 Å². The van der Waals surface area contributed by atoms with Crippen LogP contribution in [0.5, 0.6) is 0 Å². The quantitative estimate of drug-likeness (QED) is 0.559. The van der Waals surface area contributed by atoms with Gasteiger partial charge in [-0.25, -0.2) is 0 Å². The van der Waals surface area contributed by atoms with Crippen LogP contribution in [0.25, 0.3) is 0 Å². The van der Waals surface area contributed by atoms with Crippen molar-refractivity contribution < 1.29 is 17.8 Å². The summed E-state index contributed by atoms with van der Waals surface area (Å²) in [7, 11) is 7.83. The molecule has 0 aromatic heterocycles. The lowest BCUT2D eigenvalue weighted by Gasteiger charge is -2.11. The first-order valence-electron chi connectivity index (χ1n) is 4.28. The Morgan fingerprint density at radius 2 is 0.875 bits per heavy atom. The molecule has 0 aliphatic heterocycles. The second-order valence-electron chi connectivity index (χ2n) is 2.87. The molecule has 0 amide bonds. The van der Waals surface area contributed by atoms with Crippen molar-refractivity contribution >= 4 is 63.0 Å². The summed E-state index contributed by atoms with van der Waals surface area (Å²) in [6, 6.07) is 7.53. The van der Waals surface area contributed by atoms with Crippen molar-refractivity contribution in [1.29, 1.82) is 0 Å². The molecule has 0 saturated heterocycles. The van der Waals surface area contributed by atoms with Crippen LogP contribution in [-0.4, -0.2) is 14.2 Å². The second-order valence-corrected chi connectivity index (χ2v) is 3.96. The molecule has 0 radical (unpaired) electrons. The Bertz CT molecular complexity index is 275. The number of hydrogen-bond acceptors (Lipinski definition) is 4. The predicted molar refractivity (Wildman–Crippen MR) is 80.4 cm³/mol. The Labute approximate surface area is 105 Å². The average molecular weight is 294 g/mol. The van der Waals surface area contributed by atoms with Gasteiger partial charge in [0.2, 0.25) is 0 Å². The van der Waals surface area contributed by atoms with Crippen LogP contribution in [0.4, 0.5) is 0 Å². The van der Waals surface area contributed by atoms with Crippen molar-refractivity contribution in [1.82, 2.24) is 0 Å². The molecule has 16 heavy (non-hydrogen) atoms. The zero-order valence-electron chi connectivity index (χ0n) is 8.41. The first kappa shape index (κ1) is 15.0. The van der Waals surface area contributed by atoms with Crippen LogP contribution in [0.1, 0.15) is 0 Å². The van der Waals surface area contributed by atoms with Crippen molar-refractivity contribution in [3.63, 3.8) is 0 Å². The molecule has 86 valence electrons. The zero-order chi connectivity index (χ0) is 12.0. The fourth-order valence-corrected chi connectivity index (χ4v) is 2.33. The summed E-state index contributed by atoms with van der Waals surface area (Å²) in [5.74, 6) is 0. The van der Waals surface area contributed by atoms with E-state index in [0.29, 0.717) is 0 Å². The van der Waals surface area contributed by atoms with Gasteiger partial charge < -0.3 is 17.8 Å². The molecule has 1 aromatic rings. The molecule has 4 nitrogen and oxygen atoms in total. The molecule has 1 aromatic carbocycles. The van der Waals surface area contributed by atoms with E-state index in [-0.39, 0.29) is 0 Å². The number of benzene rings is 1. The third-order valence-electron chi connectivity index (χ3n) is 1.98. The molecule has 1 rings (SSSR count). The highest BCUT2D eigenvalue weighted by atomic mass is 31.0. The lowest BCUT2D eigenvalue weighted by molar-refractivity contribution is 0.519. The summed E-state index contributed by atoms with van der Waals surface area (Å²) in [5, 5.41) is 0. The highest BCUT2D eigenvalue weighted by Crippen LogP contribution is 2.03. The average Bonchev–Trinajstić information content (AvgIpc) is 2.34. The molecule has 0 fully saturated rings. The van der Waals surface area contributed by atoms with Crippen LogP contribution >= 0.6 is 37.9 Å². The van der Waals surface area contributed by atoms with Gasteiger partial charge in [0.25, 0.3) is 0 Å². The molecule has 4 unspecified atom stereocenters. The Morgan fingerprint density at radius 1 is 0.625 bits per heavy atom. The monoisotopic (exact) mass is 294 g/mol. The van der Waals surface area contributed by atoms with E-state index in [1.165, 1.54) is 0 Å². The van der Waals surface area contributed by atoms with Crippen molar-refractivity contribution in [2.24, 2.45) is 0 Å². The highest BCUT2D eigenvalue weighted by Gasteiger charge is 2.21. The summed E-state index contributed by atoms with van der Waals surface area (Å²) in [6.07, 6.45) is 0. The third-order valence-corrected chi connectivity index (χ3v) is 2.96. The standard InChI is InChI=1S/C6H12B2O4P4/c13-9-7(10-14)5-1-2-6(4-3-5)8(11-15)12-16/h1-4H,13-16H2. The molecule has 0 N–H and O–H groups in total. The first-order chi connectivity index (χ1) is 7.76. The largest absolute Gasteiger partial charge is 0.499 e.